The van der Waals surface area contributed by atoms with E-state index in [-0.39, 0.29) is 12.0 Å². The lowest BCUT2D eigenvalue weighted by Gasteiger charge is -2.21. The van der Waals surface area contributed by atoms with Crippen LogP contribution in [0.15, 0.2) is 24.3 Å². The first-order chi connectivity index (χ1) is 10.1. The van der Waals surface area contributed by atoms with Gasteiger partial charge in [-0.25, -0.2) is 0 Å². The zero-order valence-corrected chi connectivity index (χ0v) is 13.7. The van der Waals surface area contributed by atoms with Crippen LogP contribution < -0.4 is 10.2 Å². The molecule has 0 aliphatic rings. The van der Waals surface area contributed by atoms with Crippen LogP contribution in [-0.4, -0.2) is 38.3 Å². The van der Waals surface area contributed by atoms with E-state index in [1.165, 1.54) is 0 Å². The molecule has 1 aromatic carbocycles. The molecule has 0 aromatic heterocycles. The van der Waals surface area contributed by atoms with E-state index in [4.69, 9.17) is 4.74 Å². The highest BCUT2D eigenvalue weighted by molar-refractivity contribution is 5.94. The first kappa shape index (κ1) is 17.5. The van der Waals surface area contributed by atoms with Gasteiger partial charge >= 0.3 is 0 Å². The number of rotatable bonds is 9. The van der Waals surface area contributed by atoms with E-state index >= 15 is 0 Å². The van der Waals surface area contributed by atoms with E-state index < -0.39 is 0 Å². The summed E-state index contributed by atoms with van der Waals surface area (Å²) in [6, 6.07) is 7.77. The second kappa shape index (κ2) is 9.40. The van der Waals surface area contributed by atoms with Crippen molar-refractivity contribution in [3.63, 3.8) is 0 Å². The maximum atomic E-state index is 12.0. The van der Waals surface area contributed by atoms with Crippen LogP contribution in [0.5, 0.6) is 0 Å². The van der Waals surface area contributed by atoms with Gasteiger partial charge in [-0.2, -0.15) is 0 Å². The number of benzene rings is 1. The highest BCUT2D eigenvalue weighted by Crippen LogP contribution is 2.14. The minimum Gasteiger partial charge on any atom is -0.379 e. The van der Waals surface area contributed by atoms with Crippen LogP contribution in [0.4, 0.5) is 5.69 Å². The quantitative estimate of drug-likeness (QED) is 0.711. The third-order valence-electron chi connectivity index (χ3n) is 3.32. The molecular weight excluding hydrogens is 264 g/mol. The first-order valence-electron chi connectivity index (χ1n) is 7.83. The average molecular weight is 292 g/mol. The van der Waals surface area contributed by atoms with Crippen molar-refractivity contribution in [3.8, 4) is 0 Å². The van der Waals surface area contributed by atoms with Gasteiger partial charge in [0.05, 0.1) is 6.10 Å². The van der Waals surface area contributed by atoms with Crippen LogP contribution in [0, 0.1) is 0 Å². The Morgan fingerprint density at radius 2 is 1.81 bits per heavy atom. The lowest BCUT2D eigenvalue weighted by atomic mass is 10.2. The summed E-state index contributed by atoms with van der Waals surface area (Å²) in [6.07, 6.45) is 1.08. The minimum absolute atomic E-state index is 0.0226. The van der Waals surface area contributed by atoms with E-state index in [0.29, 0.717) is 18.7 Å². The van der Waals surface area contributed by atoms with Crippen LogP contribution in [0.3, 0.4) is 0 Å². The smallest absolute Gasteiger partial charge is 0.251 e. The molecule has 1 amide bonds. The Kier molecular flexibility index (Phi) is 7.83. The molecule has 0 saturated heterocycles. The van der Waals surface area contributed by atoms with Crippen LogP contribution in [0.2, 0.25) is 0 Å². The minimum atomic E-state index is -0.0226. The number of ether oxygens (including phenoxy) is 1. The fourth-order valence-electron chi connectivity index (χ4n) is 2.11. The summed E-state index contributed by atoms with van der Waals surface area (Å²) in [5, 5.41) is 2.92. The van der Waals surface area contributed by atoms with E-state index in [9.17, 15) is 4.79 Å². The van der Waals surface area contributed by atoms with E-state index in [0.717, 1.165) is 25.2 Å². The standard InChI is InChI=1S/C17H28N2O2/c1-5-19(6-2)16-10-8-15(9-11-16)17(20)18-12-7-13-21-14(3)4/h8-11,14H,5-7,12-13H2,1-4H3,(H,18,20). The molecule has 0 spiro atoms. The molecule has 1 N–H and O–H groups in total. The number of carbonyl (C=O) groups is 1. The summed E-state index contributed by atoms with van der Waals surface area (Å²) in [5.74, 6) is -0.0226. The van der Waals surface area contributed by atoms with Gasteiger partial charge in [-0.3, -0.25) is 4.79 Å². The molecule has 0 heterocycles. The maximum Gasteiger partial charge on any atom is 0.251 e. The lowest BCUT2D eigenvalue weighted by Crippen LogP contribution is -2.26. The molecule has 0 unspecified atom stereocenters. The topological polar surface area (TPSA) is 41.6 Å². The molecule has 0 aliphatic heterocycles. The highest BCUT2D eigenvalue weighted by atomic mass is 16.5. The molecule has 118 valence electrons. The zero-order chi connectivity index (χ0) is 15.7. The molecule has 1 rings (SSSR count). The number of amides is 1. The SMILES string of the molecule is CCN(CC)c1ccc(C(=O)NCCCOC(C)C)cc1. The second-order valence-corrected chi connectivity index (χ2v) is 5.25. The second-order valence-electron chi connectivity index (χ2n) is 5.25. The molecule has 0 aliphatic carbocycles. The summed E-state index contributed by atoms with van der Waals surface area (Å²) >= 11 is 0. The highest BCUT2D eigenvalue weighted by Gasteiger charge is 2.06. The van der Waals surface area contributed by atoms with Crippen molar-refractivity contribution in [2.75, 3.05) is 31.1 Å². The summed E-state index contributed by atoms with van der Waals surface area (Å²) in [6.45, 7) is 11.5. The number of hydrogen-bond acceptors (Lipinski definition) is 3. The number of carbonyl (C=O) groups excluding carboxylic acids is 1. The van der Waals surface area contributed by atoms with Gasteiger partial charge in [0.1, 0.15) is 0 Å². The van der Waals surface area contributed by atoms with Crippen molar-refractivity contribution in [1.82, 2.24) is 5.32 Å². The van der Waals surface area contributed by atoms with Gasteiger partial charge in [0.2, 0.25) is 0 Å². The number of hydrogen-bond donors (Lipinski definition) is 1. The van der Waals surface area contributed by atoms with Crippen LogP contribution in [0.1, 0.15) is 44.5 Å². The van der Waals surface area contributed by atoms with Gasteiger partial charge in [-0.05, 0) is 58.4 Å². The lowest BCUT2D eigenvalue weighted by molar-refractivity contribution is 0.0757. The maximum absolute atomic E-state index is 12.0. The summed E-state index contributed by atoms with van der Waals surface area (Å²) in [5.41, 5.74) is 1.86. The third kappa shape index (κ3) is 6.17. The van der Waals surface area contributed by atoms with Crippen molar-refractivity contribution in [2.45, 2.75) is 40.2 Å². The molecular formula is C17H28N2O2. The monoisotopic (exact) mass is 292 g/mol. The molecule has 1 aromatic rings. The van der Waals surface area contributed by atoms with Crippen molar-refractivity contribution in [3.05, 3.63) is 29.8 Å². The predicted molar refractivity (Wildman–Crippen MR) is 88.0 cm³/mol. The Balaban J connectivity index is 2.41. The van der Waals surface area contributed by atoms with Crippen molar-refractivity contribution in [2.24, 2.45) is 0 Å². The van der Waals surface area contributed by atoms with Gasteiger partial charge in [0, 0.05) is 37.5 Å². The summed E-state index contributed by atoms with van der Waals surface area (Å²) in [4.78, 5) is 14.3. The number of nitrogens with zero attached hydrogens (tertiary/aromatic N) is 1. The van der Waals surface area contributed by atoms with Gasteiger partial charge in [-0.1, -0.05) is 0 Å². The zero-order valence-electron chi connectivity index (χ0n) is 13.7. The third-order valence-corrected chi connectivity index (χ3v) is 3.32. The van der Waals surface area contributed by atoms with Gasteiger partial charge in [-0.15, -0.1) is 0 Å². The Morgan fingerprint density at radius 3 is 2.33 bits per heavy atom. The molecule has 0 fully saturated rings. The van der Waals surface area contributed by atoms with Crippen LogP contribution in [-0.2, 0) is 4.74 Å². The molecule has 4 nitrogen and oxygen atoms in total. The Morgan fingerprint density at radius 1 is 1.19 bits per heavy atom. The van der Waals surface area contributed by atoms with Crippen LogP contribution >= 0.6 is 0 Å². The molecule has 0 saturated carbocycles. The largest absolute Gasteiger partial charge is 0.379 e. The van der Waals surface area contributed by atoms with E-state index in [2.05, 4.69) is 24.1 Å². The molecule has 0 bridgehead atoms. The van der Waals surface area contributed by atoms with Crippen molar-refractivity contribution >= 4 is 11.6 Å². The first-order valence-corrected chi connectivity index (χ1v) is 7.83. The predicted octanol–water partition coefficient (Wildman–Crippen LogP) is 3.08. The Bertz CT molecular complexity index is 411. The molecule has 21 heavy (non-hydrogen) atoms. The molecule has 0 radical (unpaired) electrons. The van der Waals surface area contributed by atoms with Crippen molar-refractivity contribution in [1.29, 1.82) is 0 Å². The number of nitrogens with one attached hydrogen (secondary N) is 1. The number of anilines is 1. The van der Waals surface area contributed by atoms with E-state index in [1.54, 1.807) is 0 Å². The van der Waals surface area contributed by atoms with Crippen molar-refractivity contribution < 1.29 is 9.53 Å². The summed E-state index contributed by atoms with van der Waals surface area (Å²) < 4.78 is 5.44. The molecule has 0 atom stereocenters. The fraction of sp³-hybridized carbons (Fsp3) is 0.588. The fourth-order valence-corrected chi connectivity index (χ4v) is 2.11. The van der Waals surface area contributed by atoms with Crippen LogP contribution in [0.25, 0.3) is 0 Å². The molecule has 4 heteroatoms. The van der Waals surface area contributed by atoms with Gasteiger partial charge in [0.15, 0.2) is 0 Å². The summed E-state index contributed by atoms with van der Waals surface area (Å²) in [7, 11) is 0. The normalized spacial score (nSPS) is 10.7. The van der Waals surface area contributed by atoms with Gasteiger partial charge in [0.25, 0.3) is 5.91 Å². The van der Waals surface area contributed by atoms with E-state index in [1.807, 2.05) is 38.1 Å². The Hall–Kier alpha value is -1.55. The Labute approximate surface area is 128 Å². The van der Waals surface area contributed by atoms with Gasteiger partial charge < -0.3 is 15.0 Å². The average Bonchev–Trinajstić information content (AvgIpc) is 2.48.